The van der Waals surface area contributed by atoms with E-state index in [2.05, 4.69) is 46.5 Å². The van der Waals surface area contributed by atoms with Gasteiger partial charge in [-0.25, -0.2) is 0 Å². The third-order valence-corrected chi connectivity index (χ3v) is 3.54. The van der Waals surface area contributed by atoms with E-state index in [0.29, 0.717) is 0 Å². The number of nitrogens with one attached hydrogen (secondary N) is 1. The lowest BCUT2D eigenvalue weighted by Crippen LogP contribution is -2.35. The first-order chi connectivity index (χ1) is 8.33. The molecule has 1 heterocycles. The van der Waals surface area contributed by atoms with Crippen LogP contribution in [0.5, 0.6) is 0 Å². The first kappa shape index (κ1) is 13.6. The first-order valence-corrected chi connectivity index (χ1v) is 6.41. The first-order valence-electron chi connectivity index (χ1n) is 6.41. The summed E-state index contributed by atoms with van der Waals surface area (Å²) in [4.78, 5) is 6.58. The Kier molecular flexibility index (Phi) is 4.48. The molecule has 1 N–H and O–H groups in total. The van der Waals surface area contributed by atoms with E-state index < -0.39 is 0 Å². The van der Waals surface area contributed by atoms with Crippen LogP contribution in [0.15, 0.2) is 29.3 Å². The molecule has 18 heavy (non-hydrogen) atoms. The fourth-order valence-electron chi connectivity index (χ4n) is 2.23. The van der Waals surface area contributed by atoms with Gasteiger partial charge in [-0.05, 0) is 29.9 Å². The van der Waals surface area contributed by atoms with Gasteiger partial charge in [0.15, 0.2) is 5.96 Å². The van der Waals surface area contributed by atoms with E-state index in [4.69, 9.17) is 0 Å². The molecule has 1 fully saturated rings. The maximum atomic E-state index is 4.42. The van der Waals surface area contributed by atoms with Gasteiger partial charge in [0, 0.05) is 20.1 Å². The smallest absolute Gasteiger partial charge is 0.194 e. The van der Waals surface area contributed by atoms with Crippen LogP contribution in [0.4, 0.5) is 0 Å². The summed E-state index contributed by atoms with van der Waals surface area (Å²) in [5.41, 5.74) is 2.83. The number of likely N-dealkylation sites (N-methyl/N-ethyl adjacent to an activating group) is 1. The number of nitrogens with zero attached hydrogens (tertiary/aromatic N) is 2. The van der Waals surface area contributed by atoms with E-state index in [1.165, 1.54) is 24.0 Å². The molecule has 0 amide bonds. The van der Waals surface area contributed by atoms with Crippen LogP contribution in [0, 0.1) is 0 Å². The molecule has 0 radical (unpaired) electrons. The predicted molar refractivity (Wildman–Crippen MR) is 85.6 cm³/mol. The minimum Gasteiger partial charge on any atom is -0.352 e. The van der Waals surface area contributed by atoms with Crippen LogP contribution in [0.1, 0.15) is 29.9 Å². The Bertz CT molecular complexity index is 423. The highest BCUT2D eigenvalue weighted by Crippen LogP contribution is 2.39. The highest BCUT2D eigenvalue weighted by Gasteiger charge is 2.22. The monoisotopic (exact) mass is 357 g/mol. The van der Waals surface area contributed by atoms with Gasteiger partial charge in [-0.2, -0.15) is 0 Å². The standard InChI is InChI=1S/C14H19N3.HI/c1-17-9-8-15-14(17)16-10-11-2-4-12(5-3-11)13-6-7-13;/h2-5,13H,6-10H2,1H3,(H,15,16);1H. The van der Waals surface area contributed by atoms with Crippen molar-refractivity contribution in [1.29, 1.82) is 0 Å². The third-order valence-electron chi connectivity index (χ3n) is 3.54. The number of hydrogen-bond acceptors (Lipinski definition) is 3. The van der Waals surface area contributed by atoms with Crippen molar-refractivity contribution in [2.24, 2.45) is 4.99 Å². The van der Waals surface area contributed by atoms with Crippen LogP contribution in [-0.2, 0) is 6.54 Å². The van der Waals surface area contributed by atoms with Crippen molar-refractivity contribution in [3.63, 3.8) is 0 Å². The topological polar surface area (TPSA) is 27.6 Å². The average molecular weight is 357 g/mol. The molecule has 0 atom stereocenters. The maximum absolute atomic E-state index is 4.42. The predicted octanol–water partition coefficient (Wildman–Crippen LogP) is 2.57. The summed E-state index contributed by atoms with van der Waals surface area (Å²) in [6, 6.07) is 9.01. The highest BCUT2D eigenvalue weighted by atomic mass is 127. The lowest BCUT2D eigenvalue weighted by Gasteiger charge is -2.15. The summed E-state index contributed by atoms with van der Waals surface area (Å²) in [5, 5.41) is 3.39. The van der Waals surface area contributed by atoms with Crippen LogP contribution in [0.2, 0.25) is 0 Å². The second kappa shape index (κ2) is 5.91. The number of hydrogen-bond donors (Lipinski definition) is 1. The molecular weight excluding hydrogens is 337 g/mol. The summed E-state index contributed by atoms with van der Waals surface area (Å²) < 4.78 is 0. The van der Waals surface area contributed by atoms with Crippen LogP contribution >= 0.6 is 24.0 Å². The number of rotatable bonds is 3. The van der Waals surface area contributed by atoms with Crippen molar-refractivity contribution in [3.8, 4) is 0 Å². The Morgan fingerprint density at radius 1 is 1.28 bits per heavy atom. The molecule has 3 nitrogen and oxygen atoms in total. The van der Waals surface area contributed by atoms with E-state index >= 15 is 0 Å². The van der Waals surface area contributed by atoms with Gasteiger partial charge < -0.3 is 10.2 Å². The van der Waals surface area contributed by atoms with Gasteiger partial charge in [-0.15, -0.1) is 24.0 Å². The van der Waals surface area contributed by atoms with E-state index in [9.17, 15) is 0 Å². The molecule has 98 valence electrons. The largest absolute Gasteiger partial charge is 0.352 e. The van der Waals surface area contributed by atoms with Gasteiger partial charge >= 0.3 is 0 Å². The molecule has 1 aliphatic carbocycles. The van der Waals surface area contributed by atoms with E-state index in [0.717, 1.165) is 31.5 Å². The maximum Gasteiger partial charge on any atom is 0.194 e. The minimum absolute atomic E-state index is 0. The molecule has 0 unspecified atom stereocenters. The fourth-order valence-corrected chi connectivity index (χ4v) is 2.23. The lowest BCUT2D eigenvalue weighted by molar-refractivity contribution is 0.534. The van der Waals surface area contributed by atoms with Crippen molar-refractivity contribution >= 4 is 29.9 Å². The van der Waals surface area contributed by atoms with Crippen molar-refractivity contribution in [2.75, 3.05) is 20.1 Å². The SMILES string of the molecule is CN1CCN=C1NCc1ccc(C2CC2)cc1.I. The molecule has 3 rings (SSSR count). The minimum atomic E-state index is 0. The zero-order valence-electron chi connectivity index (χ0n) is 10.7. The number of aliphatic imine (C=N–C) groups is 1. The van der Waals surface area contributed by atoms with E-state index in [-0.39, 0.29) is 24.0 Å². The zero-order chi connectivity index (χ0) is 11.7. The van der Waals surface area contributed by atoms with Gasteiger partial charge in [0.2, 0.25) is 0 Å². The fraction of sp³-hybridized carbons (Fsp3) is 0.500. The molecule has 0 aromatic heterocycles. The van der Waals surface area contributed by atoms with Crippen LogP contribution in [-0.4, -0.2) is 31.0 Å². The Hall–Kier alpha value is -0.780. The Morgan fingerprint density at radius 2 is 2.00 bits per heavy atom. The molecule has 1 aromatic carbocycles. The molecular formula is C14H20IN3. The molecule has 0 saturated heterocycles. The summed E-state index contributed by atoms with van der Waals surface area (Å²) >= 11 is 0. The zero-order valence-corrected chi connectivity index (χ0v) is 13.1. The summed E-state index contributed by atoms with van der Waals surface area (Å²) in [6.45, 7) is 2.82. The number of guanidine groups is 1. The Labute approximate surface area is 126 Å². The molecule has 0 spiro atoms. The molecule has 1 saturated carbocycles. The molecule has 1 aliphatic heterocycles. The lowest BCUT2D eigenvalue weighted by atomic mass is 10.1. The van der Waals surface area contributed by atoms with Crippen molar-refractivity contribution in [2.45, 2.75) is 25.3 Å². The normalized spacial score (nSPS) is 18.3. The van der Waals surface area contributed by atoms with Gasteiger partial charge in [0.05, 0.1) is 6.54 Å². The number of benzene rings is 1. The van der Waals surface area contributed by atoms with Gasteiger partial charge in [0.25, 0.3) is 0 Å². The molecule has 1 aromatic rings. The highest BCUT2D eigenvalue weighted by molar-refractivity contribution is 14.0. The Balaban J connectivity index is 0.00000120. The van der Waals surface area contributed by atoms with E-state index in [1.54, 1.807) is 0 Å². The van der Waals surface area contributed by atoms with Crippen molar-refractivity contribution in [1.82, 2.24) is 10.2 Å². The van der Waals surface area contributed by atoms with Crippen LogP contribution in [0.3, 0.4) is 0 Å². The Morgan fingerprint density at radius 3 is 2.56 bits per heavy atom. The average Bonchev–Trinajstić information content (AvgIpc) is 3.12. The van der Waals surface area contributed by atoms with Gasteiger partial charge in [-0.3, -0.25) is 4.99 Å². The van der Waals surface area contributed by atoms with E-state index in [1.807, 2.05) is 0 Å². The van der Waals surface area contributed by atoms with Crippen molar-refractivity contribution in [3.05, 3.63) is 35.4 Å². The quantitative estimate of drug-likeness (QED) is 0.843. The molecule has 4 heteroatoms. The van der Waals surface area contributed by atoms with Crippen molar-refractivity contribution < 1.29 is 0 Å². The number of halogens is 1. The molecule has 0 bridgehead atoms. The summed E-state index contributed by atoms with van der Waals surface area (Å²) in [5.74, 6) is 1.87. The van der Waals surface area contributed by atoms with Gasteiger partial charge in [0.1, 0.15) is 0 Å². The summed E-state index contributed by atoms with van der Waals surface area (Å²) in [7, 11) is 2.08. The van der Waals surface area contributed by atoms with Gasteiger partial charge in [-0.1, -0.05) is 24.3 Å². The van der Waals surface area contributed by atoms with Crippen LogP contribution in [0.25, 0.3) is 0 Å². The second-order valence-electron chi connectivity index (χ2n) is 5.00. The molecule has 2 aliphatic rings. The summed E-state index contributed by atoms with van der Waals surface area (Å²) in [6.07, 6.45) is 2.75. The van der Waals surface area contributed by atoms with Crippen LogP contribution < -0.4 is 5.32 Å². The second-order valence-corrected chi connectivity index (χ2v) is 5.00. The third kappa shape index (κ3) is 3.16.